The molecule has 1 aromatic rings. The summed E-state index contributed by atoms with van der Waals surface area (Å²) < 4.78 is 5.97. The molecule has 6 nitrogen and oxygen atoms in total. The minimum absolute atomic E-state index is 0.0257. The van der Waals surface area contributed by atoms with Gasteiger partial charge in [0.15, 0.2) is 0 Å². The van der Waals surface area contributed by atoms with Crippen molar-refractivity contribution in [1.82, 2.24) is 9.78 Å². The zero-order valence-corrected chi connectivity index (χ0v) is 10.4. The van der Waals surface area contributed by atoms with Gasteiger partial charge in [0.25, 0.3) is 5.91 Å². The van der Waals surface area contributed by atoms with Gasteiger partial charge in [0, 0.05) is 5.92 Å². The molecule has 0 bridgehead atoms. The number of rotatable bonds is 3. The van der Waals surface area contributed by atoms with Crippen LogP contribution in [0, 0.1) is 5.92 Å². The normalized spacial score (nSPS) is 15.8. The first kappa shape index (κ1) is 12.6. The van der Waals surface area contributed by atoms with Crippen molar-refractivity contribution < 1.29 is 14.3 Å². The van der Waals surface area contributed by atoms with E-state index in [9.17, 15) is 9.59 Å². The van der Waals surface area contributed by atoms with Gasteiger partial charge >= 0.3 is 5.97 Å². The van der Waals surface area contributed by atoms with E-state index >= 15 is 0 Å². The number of carbonyl (C=O) groups excluding carboxylic acids is 2. The van der Waals surface area contributed by atoms with Gasteiger partial charge in [0.2, 0.25) is 0 Å². The molecule has 0 spiro atoms. The minimum atomic E-state index is -0.541. The fourth-order valence-corrected chi connectivity index (χ4v) is 2.25. The molecular weight excluding hydrogens is 234 g/mol. The molecule has 1 aliphatic rings. The third-order valence-corrected chi connectivity index (χ3v) is 3.21. The monoisotopic (exact) mass is 251 g/mol. The molecule has 18 heavy (non-hydrogen) atoms. The Morgan fingerprint density at radius 2 is 2.17 bits per heavy atom. The maximum Gasteiger partial charge on any atom is 0.343 e. The smallest absolute Gasteiger partial charge is 0.343 e. The summed E-state index contributed by atoms with van der Waals surface area (Å²) in [4.78, 5) is 23.7. The van der Waals surface area contributed by atoms with Crippen molar-refractivity contribution in [2.45, 2.75) is 32.6 Å². The first-order valence-corrected chi connectivity index (χ1v) is 6.20. The highest BCUT2D eigenvalue weighted by molar-refractivity contribution is 5.96. The predicted octanol–water partition coefficient (Wildman–Crippen LogP) is 1.47. The number of anilines is 1. The van der Waals surface area contributed by atoms with Gasteiger partial charge in [-0.3, -0.25) is 4.79 Å². The third kappa shape index (κ3) is 2.23. The molecule has 6 heteroatoms. The van der Waals surface area contributed by atoms with E-state index in [-0.39, 0.29) is 29.8 Å². The van der Waals surface area contributed by atoms with E-state index in [0.29, 0.717) is 0 Å². The number of hydrogen-bond acceptors (Lipinski definition) is 5. The van der Waals surface area contributed by atoms with Crippen LogP contribution >= 0.6 is 0 Å². The second-order valence-electron chi connectivity index (χ2n) is 4.40. The standard InChI is InChI=1S/C12H17N3O3/c1-2-18-12(17)9-7-14-15(10(9)13)11(16)8-5-3-4-6-8/h7-8H,2-6,13H2,1H3. The molecule has 0 aliphatic heterocycles. The molecular formula is C12H17N3O3. The summed E-state index contributed by atoms with van der Waals surface area (Å²) >= 11 is 0. The van der Waals surface area contributed by atoms with Crippen LogP contribution in [-0.2, 0) is 4.74 Å². The van der Waals surface area contributed by atoms with Crippen molar-refractivity contribution in [2.24, 2.45) is 5.92 Å². The van der Waals surface area contributed by atoms with Crippen LogP contribution in [-0.4, -0.2) is 28.3 Å². The third-order valence-electron chi connectivity index (χ3n) is 3.21. The average Bonchev–Trinajstić information content (AvgIpc) is 2.97. The highest BCUT2D eigenvalue weighted by atomic mass is 16.5. The van der Waals surface area contributed by atoms with E-state index in [4.69, 9.17) is 10.5 Å². The van der Waals surface area contributed by atoms with Crippen molar-refractivity contribution >= 4 is 17.7 Å². The molecule has 0 aromatic carbocycles. The number of hydrogen-bond donors (Lipinski definition) is 1. The number of esters is 1. The van der Waals surface area contributed by atoms with Gasteiger partial charge in [0.05, 0.1) is 12.8 Å². The topological polar surface area (TPSA) is 87.2 Å². The molecule has 2 N–H and O–H groups in total. The van der Waals surface area contributed by atoms with Crippen LogP contribution in [0.4, 0.5) is 5.82 Å². The quantitative estimate of drug-likeness (QED) is 0.822. The molecule has 1 aliphatic carbocycles. The van der Waals surface area contributed by atoms with Gasteiger partial charge in [-0.05, 0) is 19.8 Å². The second-order valence-corrected chi connectivity index (χ2v) is 4.40. The van der Waals surface area contributed by atoms with Gasteiger partial charge in [-0.1, -0.05) is 12.8 Å². The van der Waals surface area contributed by atoms with Gasteiger partial charge in [-0.2, -0.15) is 9.78 Å². The predicted molar refractivity (Wildman–Crippen MR) is 65.2 cm³/mol. The van der Waals surface area contributed by atoms with Crippen LogP contribution in [0.1, 0.15) is 47.8 Å². The molecule has 0 saturated heterocycles. The summed E-state index contributed by atoms with van der Waals surface area (Å²) in [5.74, 6) is -0.617. The van der Waals surface area contributed by atoms with Gasteiger partial charge < -0.3 is 10.5 Å². The zero-order chi connectivity index (χ0) is 13.1. The Morgan fingerprint density at radius 1 is 1.50 bits per heavy atom. The van der Waals surface area contributed by atoms with E-state index < -0.39 is 5.97 Å². The van der Waals surface area contributed by atoms with Gasteiger partial charge in [0.1, 0.15) is 11.4 Å². The summed E-state index contributed by atoms with van der Waals surface area (Å²) in [5, 5.41) is 3.90. The average molecular weight is 251 g/mol. The summed E-state index contributed by atoms with van der Waals surface area (Å²) in [7, 11) is 0. The van der Waals surface area contributed by atoms with Gasteiger partial charge in [-0.15, -0.1) is 0 Å². The lowest BCUT2D eigenvalue weighted by atomic mass is 10.1. The SMILES string of the molecule is CCOC(=O)c1cnn(C(=O)C2CCCC2)c1N. The molecule has 0 radical (unpaired) electrons. The zero-order valence-electron chi connectivity index (χ0n) is 10.4. The van der Waals surface area contributed by atoms with Crippen LogP contribution in [0.5, 0.6) is 0 Å². The Kier molecular flexibility index (Phi) is 3.64. The molecule has 1 fully saturated rings. The Hall–Kier alpha value is -1.85. The lowest BCUT2D eigenvalue weighted by Crippen LogP contribution is -2.22. The summed E-state index contributed by atoms with van der Waals surface area (Å²) in [6.45, 7) is 1.97. The van der Waals surface area contributed by atoms with Crippen molar-refractivity contribution in [3.63, 3.8) is 0 Å². The van der Waals surface area contributed by atoms with Gasteiger partial charge in [-0.25, -0.2) is 4.79 Å². The first-order valence-electron chi connectivity index (χ1n) is 6.20. The molecule has 1 heterocycles. The second kappa shape index (κ2) is 5.20. The van der Waals surface area contributed by atoms with Crippen LogP contribution < -0.4 is 5.73 Å². The van der Waals surface area contributed by atoms with E-state index in [2.05, 4.69) is 5.10 Å². The van der Waals surface area contributed by atoms with Crippen molar-refractivity contribution in [2.75, 3.05) is 12.3 Å². The highest BCUT2D eigenvalue weighted by Gasteiger charge is 2.27. The van der Waals surface area contributed by atoms with Crippen LogP contribution in [0.15, 0.2) is 6.20 Å². The Balaban J connectivity index is 2.19. The lowest BCUT2D eigenvalue weighted by Gasteiger charge is -2.09. The number of ether oxygens (including phenoxy) is 1. The van der Waals surface area contributed by atoms with E-state index in [1.165, 1.54) is 6.20 Å². The fraction of sp³-hybridized carbons (Fsp3) is 0.583. The Bertz CT molecular complexity index is 461. The molecule has 2 rings (SSSR count). The lowest BCUT2D eigenvalue weighted by molar-refractivity contribution is 0.0527. The molecule has 0 atom stereocenters. The number of nitrogens with two attached hydrogens (primary N) is 1. The number of nitrogens with zero attached hydrogens (tertiary/aromatic N) is 2. The van der Waals surface area contributed by atoms with E-state index in [1.54, 1.807) is 6.92 Å². The van der Waals surface area contributed by atoms with Crippen LogP contribution in [0.3, 0.4) is 0 Å². The maximum absolute atomic E-state index is 12.1. The fourth-order valence-electron chi connectivity index (χ4n) is 2.25. The van der Waals surface area contributed by atoms with E-state index in [0.717, 1.165) is 30.4 Å². The molecule has 1 saturated carbocycles. The van der Waals surface area contributed by atoms with E-state index in [1.807, 2.05) is 0 Å². The van der Waals surface area contributed by atoms with Crippen molar-refractivity contribution in [3.8, 4) is 0 Å². The minimum Gasteiger partial charge on any atom is -0.462 e. The molecule has 1 aromatic heterocycles. The van der Waals surface area contributed by atoms with Crippen molar-refractivity contribution in [3.05, 3.63) is 11.8 Å². The summed E-state index contributed by atoms with van der Waals surface area (Å²) in [6.07, 6.45) is 5.14. The summed E-state index contributed by atoms with van der Waals surface area (Å²) in [5.41, 5.74) is 5.94. The first-order chi connectivity index (χ1) is 8.65. The molecule has 0 unspecified atom stereocenters. The number of carbonyl (C=O) groups is 2. The number of aromatic nitrogens is 2. The highest BCUT2D eigenvalue weighted by Crippen LogP contribution is 2.27. The van der Waals surface area contributed by atoms with Crippen molar-refractivity contribution in [1.29, 1.82) is 0 Å². The maximum atomic E-state index is 12.1. The molecule has 98 valence electrons. The summed E-state index contributed by atoms with van der Waals surface area (Å²) in [6, 6.07) is 0. The van der Waals surface area contributed by atoms with Crippen LogP contribution in [0.2, 0.25) is 0 Å². The molecule has 0 amide bonds. The van der Waals surface area contributed by atoms with Crippen LogP contribution in [0.25, 0.3) is 0 Å². The number of nitrogen functional groups attached to an aromatic ring is 1. The largest absolute Gasteiger partial charge is 0.462 e. The Morgan fingerprint density at radius 3 is 2.78 bits per heavy atom. The Labute approximate surface area is 105 Å².